The third kappa shape index (κ3) is 5.10. The van der Waals surface area contributed by atoms with Gasteiger partial charge in [-0.25, -0.2) is 0 Å². The van der Waals surface area contributed by atoms with E-state index in [4.69, 9.17) is 4.74 Å². The highest BCUT2D eigenvalue weighted by molar-refractivity contribution is 14.1. The zero-order valence-electron chi connectivity index (χ0n) is 8.33. The minimum Gasteiger partial charge on any atom is -0.494 e. The Morgan fingerprint density at radius 2 is 2.29 bits per heavy atom. The molecule has 78 valence electrons. The summed E-state index contributed by atoms with van der Waals surface area (Å²) in [5.74, 6) is 3.38. The van der Waals surface area contributed by atoms with Gasteiger partial charge < -0.3 is 4.74 Å². The summed E-state index contributed by atoms with van der Waals surface area (Å²) in [4.78, 5) is 0. The summed E-state index contributed by atoms with van der Waals surface area (Å²) in [6.45, 7) is 3.01. The maximum atomic E-state index is 5.62. The summed E-state index contributed by atoms with van der Waals surface area (Å²) in [5, 5.41) is 0. The number of rotatable bonds is 6. The molecule has 0 amide bonds. The Morgan fingerprint density at radius 1 is 1.43 bits per heavy atom. The van der Waals surface area contributed by atoms with Crippen molar-refractivity contribution in [3.63, 3.8) is 0 Å². The van der Waals surface area contributed by atoms with E-state index in [9.17, 15) is 0 Å². The largest absolute Gasteiger partial charge is 0.494 e. The fourth-order valence-corrected chi connectivity index (χ4v) is 2.18. The molecule has 1 nitrogen and oxygen atoms in total. The van der Waals surface area contributed by atoms with Crippen molar-refractivity contribution in [3.05, 3.63) is 27.8 Å². The van der Waals surface area contributed by atoms with Crippen LogP contribution in [0.1, 0.15) is 13.3 Å². The fourth-order valence-electron chi connectivity index (χ4n) is 1.05. The molecule has 1 aromatic rings. The Hall–Kier alpha value is 0.100. The second-order valence-electron chi connectivity index (χ2n) is 2.86. The zero-order valence-corrected chi connectivity index (χ0v) is 11.3. The lowest BCUT2D eigenvalue weighted by Crippen LogP contribution is -1.98. The van der Waals surface area contributed by atoms with Crippen molar-refractivity contribution in [3.8, 4) is 5.75 Å². The molecule has 0 fully saturated rings. The first kappa shape index (κ1) is 12.2. The van der Waals surface area contributed by atoms with E-state index in [1.807, 2.05) is 23.9 Å². The molecule has 0 N–H and O–H groups in total. The highest BCUT2D eigenvalue weighted by atomic mass is 127. The van der Waals surface area contributed by atoms with Crippen LogP contribution in [0, 0.1) is 3.57 Å². The van der Waals surface area contributed by atoms with Crippen molar-refractivity contribution in [2.75, 3.05) is 18.1 Å². The molecule has 0 aromatic heterocycles. The Kier molecular flexibility index (Phi) is 6.43. The lowest BCUT2D eigenvalue weighted by atomic mass is 10.3. The maximum absolute atomic E-state index is 5.62. The lowest BCUT2D eigenvalue weighted by molar-refractivity contribution is 0.318. The summed E-state index contributed by atoms with van der Waals surface area (Å²) in [6, 6.07) is 8.17. The van der Waals surface area contributed by atoms with Crippen LogP contribution >= 0.6 is 34.4 Å². The van der Waals surface area contributed by atoms with Gasteiger partial charge in [0.2, 0.25) is 0 Å². The van der Waals surface area contributed by atoms with Crippen LogP contribution in [-0.2, 0) is 0 Å². The monoisotopic (exact) mass is 322 g/mol. The molecule has 0 heterocycles. The van der Waals surface area contributed by atoms with Gasteiger partial charge in [0.15, 0.2) is 0 Å². The highest BCUT2D eigenvalue weighted by Gasteiger charge is 1.94. The van der Waals surface area contributed by atoms with Gasteiger partial charge in [0.05, 0.1) is 6.61 Å². The number of thioether (sulfide) groups is 1. The van der Waals surface area contributed by atoms with E-state index in [-0.39, 0.29) is 0 Å². The quantitative estimate of drug-likeness (QED) is 0.582. The van der Waals surface area contributed by atoms with Gasteiger partial charge >= 0.3 is 0 Å². The predicted molar refractivity (Wildman–Crippen MR) is 72.3 cm³/mol. The van der Waals surface area contributed by atoms with Crippen molar-refractivity contribution in [1.29, 1.82) is 0 Å². The molecule has 0 atom stereocenters. The van der Waals surface area contributed by atoms with E-state index in [0.29, 0.717) is 0 Å². The van der Waals surface area contributed by atoms with E-state index < -0.39 is 0 Å². The summed E-state index contributed by atoms with van der Waals surface area (Å²) in [5.41, 5.74) is 0. The molecule has 0 saturated heterocycles. The zero-order chi connectivity index (χ0) is 10.2. The minimum absolute atomic E-state index is 0.826. The maximum Gasteiger partial charge on any atom is 0.120 e. The SMILES string of the molecule is CCSCCCOc1cccc(I)c1. The molecule has 0 aliphatic rings. The first-order valence-electron chi connectivity index (χ1n) is 4.79. The van der Waals surface area contributed by atoms with Gasteiger partial charge in [-0.1, -0.05) is 13.0 Å². The van der Waals surface area contributed by atoms with Crippen LogP contribution < -0.4 is 4.74 Å². The second-order valence-corrected chi connectivity index (χ2v) is 5.50. The number of ether oxygens (including phenoxy) is 1. The normalized spacial score (nSPS) is 10.1. The molecule has 1 aromatic carbocycles. The number of halogens is 1. The Labute approximate surface area is 104 Å². The molecule has 0 spiro atoms. The first-order valence-corrected chi connectivity index (χ1v) is 7.02. The van der Waals surface area contributed by atoms with E-state index in [0.717, 1.165) is 18.8 Å². The van der Waals surface area contributed by atoms with Crippen molar-refractivity contribution in [1.82, 2.24) is 0 Å². The Morgan fingerprint density at radius 3 is 3.00 bits per heavy atom. The van der Waals surface area contributed by atoms with E-state index >= 15 is 0 Å². The third-order valence-corrected chi connectivity index (χ3v) is 3.36. The number of hydrogen-bond donors (Lipinski definition) is 0. The van der Waals surface area contributed by atoms with Gasteiger partial charge in [-0.05, 0) is 58.7 Å². The molecule has 0 radical (unpaired) electrons. The van der Waals surface area contributed by atoms with E-state index in [1.54, 1.807) is 0 Å². The van der Waals surface area contributed by atoms with Crippen molar-refractivity contribution in [2.45, 2.75) is 13.3 Å². The Bertz CT molecular complexity index is 265. The molecule has 0 aliphatic heterocycles. The summed E-state index contributed by atoms with van der Waals surface area (Å²) < 4.78 is 6.84. The summed E-state index contributed by atoms with van der Waals surface area (Å²) in [6.07, 6.45) is 1.13. The topological polar surface area (TPSA) is 9.23 Å². The van der Waals surface area contributed by atoms with Gasteiger partial charge in [0.1, 0.15) is 5.75 Å². The number of hydrogen-bond acceptors (Lipinski definition) is 2. The molecular formula is C11H15IOS. The third-order valence-electron chi connectivity index (χ3n) is 1.70. The van der Waals surface area contributed by atoms with Crippen molar-refractivity contribution >= 4 is 34.4 Å². The average Bonchev–Trinajstić information content (AvgIpc) is 2.18. The average molecular weight is 322 g/mol. The molecule has 14 heavy (non-hydrogen) atoms. The summed E-state index contributed by atoms with van der Waals surface area (Å²) in [7, 11) is 0. The smallest absolute Gasteiger partial charge is 0.120 e. The Balaban J connectivity index is 2.18. The molecule has 0 unspecified atom stereocenters. The second kappa shape index (κ2) is 7.40. The van der Waals surface area contributed by atoms with Crippen LogP contribution in [0.5, 0.6) is 5.75 Å². The predicted octanol–water partition coefficient (Wildman–Crippen LogP) is 3.81. The fraction of sp³-hybridized carbons (Fsp3) is 0.455. The molecule has 3 heteroatoms. The van der Waals surface area contributed by atoms with Crippen LogP contribution in [0.3, 0.4) is 0 Å². The lowest BCUT2D eigenvalue weighted by Gasteiger charge is -2.05. The molecular weight excluding hydrogens is 307 g/mol. The van der Waals surface area contributed by atoms with Gasteiger partial charge in [0.25, 0.3) is 0 Å². The van der Waals surface area contributed by atoms with Crippen LogP contribution in [-0.4, -0.2) is 18.1 Å². The van der Waals surface area contributed by atoms with Gasteiger partial charge in [-0.2, -0.15) is 11.8 Å². The van der Waals surface area contributed by atoms with Gasteiger partial charge in [-0.15, -0.1) is 0 Å². The standard InChI is InChI=1S/C11H15IOS/c1-2-14-8-4-7-13-11-6-3-5-10(12)9-11/h3,5-6,9H,2,4,7-8H2,1H3. The molecule has 0 aliphatic carbocycles. The van der Waals surface area contributed by atoms with Gasteiger partial charge in [-0.3, -0.25) is 0 Å². The summed E-state index contributed by atoms with van der Waals surface area (Å²) >= 11 is 4.26. The van der Waals surface area contributed by atoms with Crippen molar-refractivity contribution in [2.24, 2.45) is 0 Å². The molecule has 0 saturated carbocycles. The number of benzene rings is 1. The van der Waals surface area contributed by atoms with Gasteiger partial charge in [0, 0.05) is 3.57 Å². The van der Waals surface area contributed by atoms with Crippen LogP contribution in [0.25, 0.3) is 0 Å². The van der Waals surface area contributed by atoms with Crippen molar-refractivity contribution < 1.29 is 4.74 Å². The van der Waals surface area contributed by atoms with E-state index in [1.165, 1.54) is 15.1 Å². The highest BCUT2D eigenvalue weighted by Crippen LogP contribution is 2.15. The molecule has 0 bridgehead atoms. The molecule has 1 rings (SSSR count). The minimum atomic E-state index is 0.826. The van der Waals surface area contributed by atoms with Crippen LogP contribution in [0.4, 0.5) is 0 Å². The van der Waals surface area contributed by atoms with Crippen LogP contribution in [0.2, 0.25) is 0 Å². The first-order chi connectivity index (χ1) is 6.83. The van der Waals surface area contributed by atoms with E-state index in [2.05, 4.69) is 41.6 Å². The van der Waals surface area contributed by atoms with Crippen LogP contribution in [0.15, 0.2) is 24.3 Å².